The van der Waals surface area contributed by atoms with Gasteiger partial charge in [0.2, 0.25) is 6.04 Å². The Morgan fingerprint density at radius 3 is 2.46 bits per heavy atom. The normalized spacial score (nSPS) is 30.1. The van der Waals surface area contributed by atoms with Gasteiger partial charge in [-0.25, -0.2) is 0 Å². The van der Waals surface area contributed by atoms with E-state index in [4.69, 9.17) is 0 Å². The van der Waals surface area contributed by atoms with Gasteiger partial charge in [-0.2, -0.15) is 13.2 Å². The minimum atomic E-state index is -4.46. The van der Waals surface area contributed by atoms with Crippen molar-refractivity contribution < 1.29 is 18.1 Å². The monoisotopic (exact) mass is 198 g/mol. The minimum absolute atomic E-state index is 0.189. The number of nitrogens with one attached hydrogen (secondary N) is 1. The summed E-state index contributed by atoms with van der Waals surface area (Å²) in [6.45, 7) is -0.00824. The highest BCUT2D eigenvalue weighted by Gasteiger charge is 2.51. The van der Waals surface area contributed by atoms with E-state index in [1.807, 2.05) is 0 Å². The molecule has 1 aliphatic rings. The van der Waals surface area contributed by atoms with Crippen LogP contribution in [0, 0.1) is 16.0 Å². The maximum Gasteiger partial charge on any atom is 0.398 e. The average Bonchev–Trinajstić information content (AvgIpc) is 2.03. The van der Waals surface area contributed by atoms with Gasteiger partial charge in [-0.3, -0.25) is 10.1 Å². The summed E-state index contributed by atoms with van der Waals surface area (Å²) in [6, 6.07) is -1.53. The van der Waals surface area contributed by atoms with E-state index in [2.05, 4.69) is 5.32 Å². The van der Waals surface area contributed by atoms with Crippen LogP contribution in [0.2, 0.25) is 0 Å². The van der Waals surface area contributed by atoms with E-state index in [-0.39, 0.29) is 19.5 Å². The third-order valence-corrected chi connectivity index (χ3v) is 2.14. The maximum absolute atomic E-state index is 12.2. The zero-order chi connectivity index (χ0) is 10.1. The summed E-state index contributed by atoms with van der Waals surface area (Å²) in [5, 5.41) is 12.9. The van der Waals surface area contributed by atoms with Crippen molar-refractivity contribution in [1.29, 1.82) is 0 Å². The van der Waals surface area contributed by atoms with Crippen LogP contribution in [0.4, 0.5) is 13.2 Å². The fourth-order valence-corrected chi connectivity index (χ4v) is 1.45. The zero-order valence-corrected chi connectivity index (χ0v) is 6.67. The first kappa shape index (κ1) is 10.2. The molecule has 0 bridgehead atoms. The number of hydrogen-bond acceptors (Lipinski definition) is 3. The van der Waals surface area contributed by atoms with Crippen molar-refractivity contribution in [3.8, 4) is 0 Å². The molecule has 1 aliphatic heterocycles. The van der Waals surface area contributed by atoms with Gasteiger partial charge < -0.3 is 5.32 Å². The highest BCUT2D eigenvalue weighted by Crippen LogP contribution is 2.33. The molecule has 1 heterocycles. The molecule has 1 fully saturated rings. The molecule has 13 heavy (non-hydrogen) atoms. The summed E-state index contributed by atoms with van der Waals surface area (Å²) in [7, 11) is 0. The number of piperidine rings is 1. The smallest absolute Gasteiger partial charge is 0.310 e. The summed E-state index contributed by atoms with van der Waals surface area (Å²) in [6.07, 6.45) is -4.67. The number of hydrogen-bond donors (Lipinski definition) is 1. The quantitative estimate of drug-likeness (QED) is 0.501. The highest BCUT2D eigenvalue weighted by molar-refractivity contribution is 4.82. The molecule has 4 nitrogen and oxygen atoms in total. The molecule has 0 unspecified atom stereocenters. The Hall–Kier alpha value is -0.850. The first-order valence-corrected chi connectivity index (χ1v) is 3.84. The third kappa shape index (κ3) is 2.30. The second kappa shape index (κ2) is 3.49. The van der Waals surface area contributed by atoms with Crippen LogP contribution in [0.1, 0.15) is 6.42 Å². The Bertz CT molecular complexity index is 207. The first-order valence-electron chi connectivity index (χ1n) is 3.84. The van der Waals surface area contributed by atoms with E-state index in [9.17, 15) is 23.3 Å². The van der Waals surface area contributed by atoms with Crippen molar-refractivity contribution >= 4 is 0 Å². The fraction of sp³-hybridized carbons (Fsp3) is 1.00. The second-order valence-electron chi connectivity index (χ2n) is 2.99. The number of nitrogens with zero attached hydrogens (tertiary/aromatic N) is 1. The Morgan fingerprint density at radius 2 is 2.08 bits per heavy atom. The lowest BCUT2D eigenvalue weighted by atomic mass is 9.93. The van der Waals surface area contributed by atoms with Crippen LogP contribution in [-0.2, 0) is 0 Å². The molecule has 1 rings (SSSR count). The van der Waals surface area contributed by atoms with E-state index < -0.39 is 23.1 Å². The number of rotatable bonds is 1. The van der Waals surface area contributed by atoms with E-state index in [1.54, 1.807) is 0 Å². The number of alkyl halides is 3. The van der Waals surface area contributed by atoms with Crippen LogP contribution < -0.4 is 5.32 Å². The molecule has 1 saturated heterocycles. The van der Waals surface area contributed by atoms with Crippen molar-refractivity contribution in [2.75, 3.05) is 13.1 Å². The molecule has 7 heteroatoms. The zero-order valence-electron chi connectivity index (χ0n) is 6.67. The van der Waals surface area contributed by atoms with Gasteiger partial charge in [0.1, 0.15) is 5.92 Å². The molecule has 0 amide bonds. The largest absolute Gasteiger partial charge is 0.398 e. The van der Waals surface area contributed by atoms with Crippen molar-refractivity contribution in [2.24, 2.45) is 5.92 Å². The highest BCUT2D eigenvalue weighted by atomic mass is 19.4. The van der Waals surface area contributed by atoms with Gasteiger partial charge in [0.15, 0.2) is 0 Å². The Labute approximate surface area is 72.3 Å². The van der Waals surface area contributed by atoms with E-state index in [0.29, 0.717) is 0 Å². The fourth-order valence-electron chi connectivity index (χ4n) is 1.45. The molecule has 2 atom stereocenters. The summed E-state index contributed by atoms with van der Waals surface area (Å²) >= 11 is 0. The summed E-state index contributed by atoms with van der Waals surface area (Å²) in [4.78, 5) is 9.42. The molecular weight excluding hydrogens is 189 g/mol. The number of halogens is 3. The SMILES string of the molecule is O=[N+]([O-])[C@@H]1CNCC[C@@H]1C(F)(F)F. The third-order valence-electron chi connectivity index (χ3n) is 2.14. The topological polar surface area (TPSA) is 55.2 Å². The number of nitro groups is 1. The molecule has 0 aromatic heterocycles. The van der Waals surface area contributed by atoms with Gasteiger partial charge in [-0.1, -0.05) is 0 Å². The minimum Gasteiger partial charge on any atom is -0.310 e. The standard InChI is InChI=1S/C6H9F3N2O2/c7-6(8,9)4-1-2-10-3-5(4)11(12)13/h4-5,10H,1-3H2/t4-,5+/m0/s1. The second-order valence-corrected chi connectivity index (χ2v) is 2.99. The molecule has 0 spiro atoms. The molecule has 1 N–H and O–H groups in total. The van der Waals surface area contributed by atoms with Gasteiger partial charge in [0.25, 0.3) is 0 Å². The van der Waals surface area contributed by atoms with Crippen LogP contribution >= 0.6 is 0 Å². The summed E-state index contributed by atoms with van der Waals surface area (Å²) < 4.78 is 36.7. The van der Waals surface area contributed by atoms with Crippen LogP contribution in [0.15, 0.2) is 0 Å². The van der Waals surface area contributed by atoms with Gasteiger partial charge in [0, 0.05) is 4.92 Å². The molecule has 0 aliphatic carbocycles. The van der Waals surface area contributed by atoms with Crippen LogP contribution in [0.3, 0.4) is 0 Å². The maximum atomic E-state index is 12.2. The van der Waals surface area contributed by atoms with Gasteiger partial charge in [0.05, 0.1) is 6.54 Å². The molecule has 76 valence electrons. The lowest BCUT2D eigenvalue weighted by molar-refractivity contribution is -0.541. The first-order chi connectivity index (χ1) is 5.93. The van der Waals surface area contributed by atoms with Crippen molar-refractivity contribution in [1.82, 2.24) is 5.32 Å². The molecule has 0 radical (unpaired) electrons. The van der Waals surface area contributed by atoms with Crippen LogP contribution in [0.5, 0.6) is 0 Å². The van der Waals surface area contributed by atoms with Crippen LogP contribution in [-0.4, -0.2) is 30.2 Å². The van der Waals surface area contributed by atoms with Gasteiger partial charge in [-0.15, -0.1) is 0 Å². The predicted molar refractivity (Wildman–Crippen MR) is 37.8 cm³/mol. The molecule has 0 saturated carbocycles. The van der Waals surface area contributed by atoms with Gasteiger partial charge in [-0.05, 0) is 13.0 Å². The van der Waals surface area contributed by atoms with E-state index in [0.717, 1.165) is 0 Å². The van der Waals surface area contributed by atoms with Gasteiger partial charge >= 0.3 is 6.18 Å². The summed E-state index contributed by atoms with van der Waals surface area (Å²) in [5.41, 5.74) is 0. The lowest BCUT2D eigenvalue weighted by Gasteiger charge is -2.27. The van der Waals surface area contributed by atoms with E-state index >= 15 is 0 Å². The Balaban J connectivity index is 2.73. The van der Waals surface area contributed by atoms with Crippen molar-refractivity contribution in [3.05, 3.63) is 10.1 Å². The summed E-state index contributed by atoms with van der Waals surface area (Å²) in [5.74, 6) is -1.80. The lowest BCUT2D eigenvalue weighted by Crippen LogP contribution is -2.50. The molecule has 0 aromatic rings. The Morgan fingerprint density at radius 1 is 1.46 bits per heavy atom. The predicted octanol–water partition coefficient (Wildman–Crippen LogP) is 0.803. The van der Waals surface area contributed by atoms with Crippen LogP contribution in [0.25, 0.3) is 0 Å². The molecular formula is C6H9F3N2O2. The Kier molecular flexibility index (Phi) is 2.74. The average molecular weight is 198 g/mol. The van der Waals surface area contributed by atoms with Crippen molar-refractivity contribution in [2.45, 2.75) is 18.6 Å². The van der Waals surface area contributed by atoms with Crippen molar-refractivity contribution in [3.63, 3.8) is 0 Å². The molecule has 0 aromatic carbocycles. The van der Waals surface area contributed by atoms with E-state index in [1.165, 1.54) is 0 Å².